The molecule has 0 amide bonds. The lowest BCUT2D eigenvalue weighted by molar-refractivity contribution is 0.282. The van der Waals surface area contributed by atoms with Gasteiger partial charge < -0.3 is 10.2 Å². The van der Waals surface area contributed by atoms with Crippen LogP contribution in [-0.4, -0.2) is 14.9 Å². The Morgan fingerprint density at radius 2 is 1.95 bits per heavy atom. The number of aryl methyl sites for hydroxylation is 1. The molecule has 0 bridgehead atoms. The van der Waals surface area contributed by atoms with Crippen molar-refractivity contribution in [1.29, 1.82) is 5.26 Å². The first-order chi connectivity index (χ1) is 9.17. The standard InChI is InChI=1S/C16H26N2OSi/c1-16(2,3)20(4,5)19-10-6-7-14-9-8-13(12-17)11-15(14)18/h8-9,11H,6-7,10,18H2,1-5H3. The lowest BCUT2D eigenvalue weighted by atomic mass is 10.1. The summed E-state index contributed by atoms with van der Waals surface area (Å²) in [7, 11) is -1.65. The molecule has 0 radical (unpaired) electrons. The van der Waals surface area contributed by atoms with Crippen molar-refractivity contribution < 1.29 is 4.43 Å². The van der Waals surface area contributed by atoms with Crippen LogP contribution in [0.1, 0.15) is 38.3 Å². The molecule has 0 aliphatic carbocycles. The second-order valence-electron chi connectivity index (χ2n) is 6.74. The number of rotatable bonds is 5. The highest BCUT2D eigenvalue weighted by molar-refractivity contribution is 6.74. The Labute approximate surface area is 123 Å². The molecule has 20 heavy (non-hydrogen) atoms. The van der Waals surface area contributed by atoms with Crippen LogP contribution in [0.2, 0.25) is 18.1 Å². The number of nitrogen functional groups attached to an aromatic ring is 1. The van der Waals surface area contributed by atoms with Crippen LogP contribution in [-0.2, 0) is 10.8 Å². The summed E-state index contributed by atoms with van der Waals surface area (Å²) in [5.74, 6) is 0. The zero-order valence-corrected chi connectivity index (χ0v) is 14.3. The predicted molar refractivity (Wildman–Crippen MR) is 87.0 cm³/mol. The van der Waals surface area contributed by atoms with E-state index in [9.17, 15) is 0 Å². The van der Waals surface area contributed by atoms with Gasteiger partial charge in [-0.25, -0.2) is 0 Å². The van der Waals surface area contributed by atoms with Gasteiger partial charge in [-0.05, 0) is 48.7 Å². The Bertz CT molecular complexity index is 498. The third kappa shape index (κ3) is 4.36. The third-order valence-corrected chi connectivity index (χ3v) is 8.67. The normalized spacial score (nSPS) is 12.2. The molecule has 0 saturated heterocycles. The third-order valence-electron chi connectivity index (χ3n) is 4.13. The molecule has 0 aliphatic rings. The van der Waals surface area contributed by atoms with Crippen LogP contribution < -0.4 is 5.73 Å². The van der Waals surface area contributed by atoms with Gasteiger partial charge >= 0.3 is 0 Å². The fraction of sp³-hybridized carbons (Fsp3) is 0.562. The van der Waals surface area contributed by atoms with Crippen LogP contribution >= 0.6 is 0 Å². The molecule has 1 aromatic rings. The number of benzene rings is 1. The molecule has 110 valence electrons. The summed E-state index contributed by atoms with van der Waals surface area (Å²) in [5, 5.41) is 9.06. The lowest BCUT2D eigenvalue weighted by Gasteiger charge is -2.36. The van der Waals surface area contributed by atoms with Crippen molar-refractivity contribution in [3.8, 4) is 6.07 Å². The molecular weight excluding hydrogens is 264 g/mol. The lowest BCUT2D eigenvalue weighted by Crippen LogP contribution is -2.41. The van der Waals surface area contributed by atoms with E-state index in [0.29, 0.717) is 11.3 Å². The maximum Gasteiger partial charge on any atom is 0.191 e. The van der Waals surface area contributed by atoms with E-state index in [-0.39, 0.29) is 5.04 Å². The topological polar surface area (TPSA) is 59.0 Å². The van der Waals surface area contributed by atoms with E-state index < -0.39 is 8.32 Å². The molecule has 1 aromatic carbocycles. The smallest absolute Gasteiger partial charge is 0.191 e. The fourth-order valence-corrected chi connectivity index (χ4v) is 2.79. The number of hydrogen-bond acceptors (Lipinski definition) is 3. The highest BCUT2D eigenvalue weighted by atomic mass is 28.4. The fourth-order valence-electron chi connectivity index (χ4n) is 1.70. The molecule has 0 fully saturated rings. The average molecular weight is 290 g/mol. The predicted octanol–water partition coefficient (Wildman–Crippen LogP) is 4.09. The second kappa shape index (κ2) is 6.42. The highest BCUT2D eigenvalue weighted by Gasteiger charge is 2.36. The summed E-state index contributed by atoms with van der Waals surface area (Å²) in [6.45, 7) is 12.1. The van der Waals surface area contributed by atoms with E-state index in [1.54, 1.807) is 6.07 Å². The maximum atomic E-state index is 8.81. The van der Waals surface area contributed by atoms with Gasteiger partial charge in [0.1, 0.15) is 0 Å². The average Bonchev–Trinajstić information content (AvgIpc) is 2.34. The molecule has 3 nitrogen and oxygen atoms in total. The zero-order chi connectivity index (χ0) is 15.4. The van der Waals surface area contributed by atoms with Crippen molar-refractivity contribution in [2.24, 2.45) is 0 Å². The van der Waals surface area contributed by atoms with Crippen molar-refractivity contribution >= 4 is 14.0 Å². The summed E-state index contributed by atoms with van der Waals surface area (Å²) in [6, 6.07) is 7.60. The van der Waals surface area contributed by atoms with Gasteiger partial charge in [0, 0.05) is 12.3 Å². The van der Waals surface area contributed by atoms with Crippen LogP contribution in [0.5, 0.6) is 0 Å². The molecular formula is C16H26N2OSi. The number of nitrogens with two attached hydrogens (primary N) is 1. The Kier molecular flexibility index (Phi) is 5.38. The molecule has 0 atom stereocenters. The van der Waals surface area contributed by atoms with Gasteiger partial charge in [-0.15, -0.1) is 0 Å². The highest BCUT2D eigenvalue weighted by Crippen LogP contribution is 2.36. The van der Waals surface area contributed by atoms with E-state index in [1.807, 2.05) is 12.1 Å². The number of hydrogen-bond donors (Lipinski definition) is 1. The monoisotopic (exact) mass is 290 g/mol. The molecule has 0 aliphatic heterocycles. The van der Waals surface area contributed by atoms with Gasteiger partial charge in [-0.1, -0.05) is 26.8 Å². The van der Waals surface area contributed by atoms with E-state index in [1.165, 1.54) is 0 Å². The largest absolute Gasteiger partial charge is 0.417 e. The first-order valence-electron chi connectivity index (χ1n) is 7.10. The van der Waals surface area contributed by atoms with Gasteiger partial charge in [-0.3, -0.25) is 0 Å². The van der Waals surface area contributed by atoms with Crippen LogP contribution in [0.25, 0.3) is 0 Å². The van der Waals surface area contributed by atoms with Crippen molar-refractivity contribution in [1.82, 2.24) is 0 Å². The molecule has 2 N–H and O–H groups in total. The Balaban J connectivity index is 2.48. The van der Waals surface area contributed by atoms with Crippen molar-refractivity contribution in [2.75, 3.05) is 12.3 Å². The molecule has 4 heteroatoms. The second-order valence-corrected chi connectivity index (χ2v) is 11.5. The minimum absolute atomic E-state index is 0.250. The van der Waals surface area contributed by atoms with Crippen molar-refractivity contribution in [2.45, 2.75) is 51.7 Å². The van der Waals surface area contributed by atoms with E-state index in [0.717, 1.165) is 25.0 Å². The van der Waals surface area contributed by atoms with Gasteiger partial charge in [0.15, 0.2) is 8.32 Å². The number of nitrogens with zero attached hydrogens (tertiary/aromatic N) is 1. The van der Waals surface area contributed by atoms with Gasteiger partial charge in [0.25, 0.3) is 0 Å². The molecule has 0 spiro atoms. The zero-order valence-electron chi connectivity index (χ0n) is 13.3. The van der Waals surface area contributed by atoms with Crippen LogP contribution in [0.4, 0.5) is 5.69 Å². The van der Waals surface area contributed by atoms with Gasteiger partial charge in [0.05, 0.1) is 11.6 Å². The number of anilines is 1. The van der Waals surface area contributed by atoms with E-state index in [2.05, 4.69) is 39.9 Å². The molecule has 0 unspecified atom stereocenters. The van der Waals surface area contributed by atoms with Gasteiger partial charge in [0.2, 0.25) is 0 Å². The summed E-state index contributed by atoms with van der Waals surface area (Å²) in [5.41, 5.74) is 8.37. The maximum absolute atomic E-state index is 8.81. The first-order valence-corrected chi connectivity index (χ1v) is 10.0. The summed E-state index contributed by atoms with van der Waals surface area (Å²) in [6.07, 6.45) is 1.86. The minimum Gasteiger partial charge on any atom is -0.417 e. The Morgan fingerprint density at radius 3 is 2.45 bits per heavy atom. The van der Waals surface area contributed by atoms with Gasteiger partial charge in [-0.2, -0.15) is 5.26 Å². The van der Waals surface area contributed by atoms with E-state index in [4.69, 9.17) is 15.4 Å². The van der Waals surface area contributed by atoms with E-state index >= 15 is 0 Å². The molecule has 0 saturated carbocycles. The summed E-state index contributed by atoms with van der Waals surface area (Å²) >= 11 is 0. The quantitative estimate of drug-likeness (QED) is 0.504. The first kappa shape index (κ1) is 16.7. The molecule has 0 heterocycles. The molecule has 1 rings (SSSR count). The van der Waals surface area contributed by atoms with Crippen molar-refractivity contribution in [3.63, 3.8) is 0 Å². The summed E-state index contributed by atoms with van der Waals surface area (Å²) in [4.78, 5) is 0. The Morgan fingerprint density at radius 1 is 1.30 bits per heavy atom. The SMILES string of the molecule is CC(C)(C)[Si](C)(C)OCCCc1ccc(C#N)cc1N. The minimum atomic E-state index is -1.65. The molecule has 0 aromatic heterocycles. The number of nitriles is 1. The van der Waals surface area contributed by atoms with Crippen LogP contribution in [0.15, 0.2) is 18.2 Å². The Hall–Kier alpha value is -1.31. The van der Waals surface area contributed by atoms with Crippen molar-refractivity contribution in [3.05, 3.63) is 29.3 Å². The van der Waals surface area contributed by atoms with Crippen LogP contribution in [0.3, 0.4) is 0 Å². The summed E-state index contributed by atoms with van der Waals surface area (Å²) < 4.78 is 6.15. The van der Waals surface area contributed by atoms with Crippen LogP contribution in [0, 0.1) is 11.3 Å².